The van der Waals surface area contributed by atoms with E-state index in [0.717, 1.165) is 0 Å². The Kier molecular flexibility index (Phi) is 1.56. The Bertz CT molecular complexity index is 1010. The van der Waals surface area contributed by atoms with Crippen LogP contribution in [0.4, 0.5) is 0 Å². The Hall–Kier alpha value is -1.96. The zero-order valence-corrected chi connectivity index (χ0v) is 13.0. The van der Waals surface area contributed by atoms with Gasteiger partial charge >= 0.3 is 0 Å². The maximum Gasteiger partial charge on any atom is 0.122 e. The molecular formula is C22H26O2. The lowest BCUT2D eigenvalue weighted by atomic mass is 9.54. The molecule has 0 N–H and O–H groups in total. The fourth-order valence-corrected chi connectivity index (χ4v) is 3.59. The molecule has 2 aliphatic heterocycles. The van der Waals surface area contributed by atoms with E-state index in [-0.39, 0.29) is 22.6 Å². The third-order valence-corrected chi connectivity index (χ3v) is 5.07. The number of fused-ring (bicyclic) bond motifs is 2. The third kappa shape index (κ3) is 2.08. The lowest BCUT2D eigenvalue weighted by molar-refractivity contribution is 0.0317. The van der Waals surface area contributed by atoms with Crippen LogP contribution in [0.5, 0.6) is 11.5 Å². The largest absolute Gasteiger partial charge is 0.493 e. The van der Waals surface area contributed by atoms with Gasteiger partial charge in [0.2, 0.25) is 0 Å². The summed E-state index contributed by atoms with van der Waals surface area (Å²) in [5.74, 6) is -2.81. The fourth-order valence-electron chi connectivity index (χ4n) is 3.59. The van der Waals surface area contributed by atoms with E-state index in [9.17, 15) is 0 Å². The molecule has 0 radical (unpaired) electrons. The molecule has 0 amide bonds. The minimum atomic E-state index is -3.58. The average Bonchev–Trinajstić information content (AvgIpc) is 3.32. The van der Waals surface area contributed by atoms with Crippen molar-refractivity contribution in [2.75, 3.05) is 13.2 Å². The van der Waals surface area contributed by atoms with E-state index in [1.165, 1.54) is 24.3 Å². The Balaban J connectivity index is 2.23. The van der Waals surface area contributed by atoms with Crippen molar-refractivity contribution >= 4 is 0 Å². The fraction of sp³-hybridized carbons (Fsp3) is 0.455. The first-order chi connectivity index (χ1) is 16.4. The molecule has 24 heavy (non-hydrogen) atoms. The van der Waals surface area contributed by atoms with E-state index in [4.69, 9.17) is 25.9 Å². The minimum Gasteiger partial charge on any atom is -0.493 e. The Morgan fingerprint density at radius 1 is 0.750 bits per heavy atom. The highest BCUT2D eigenvalue weighted by atomic mass is 16.5. The molecule has 4 rings (SSSR count). The molecule has 0 fully saturated rings. The van der Waals surface area contributed by atoms with Crippen molar-refractivity contribution in [2.45, 2.75) is 39.2 Å². The van der Waals surface area contributed by atoms with Gasteiger partial charge in [0.15, 0.2) is 0 Å². The highest BCUT2D eigenvalue weighted by Gasteiger charge is 2.52. The number of hydrogen-bond acceptors (Lipinski definition) is 2. The van der Waals surface area contributed by atoms with E-state index >= 15 is 0 Å². The van der Waals surface area contributed by atoms with Gasteiger partial charge in [-0.15, -0.1) is 0 Å². The van der Waals surface area contributed by atoms with E-state index < -0.39 is 63.3 Å². The molecule has 0 spiro atoms. The van der Waals surface area contributed by atoms with Gasteiger partial charge in [-0.25, -0.2) is 0 Å². The Morgan fingerprint density at radius 3 is 1.58 bits per heavy atom. The molecule has 2 aliphatic rings. The summed E-state index contributed by atoms with van der Waals surface area (Å²) < 4.78 is 115. The van der Waals surface area contributed by atoms with Crippen molar-refractivity contribution in [2.24, 2.45) is 10.8 Å². The second-order valence-corrected chi connectivity index (χ2v) is 6.42. The van der Waals surface area contributed by atoms with Crippen molar-refractivity contribution in [3.8, 4) is 11.5 Å². The van der Waals surface area contributed by atoms with E-state index in [1.54, 1.807) is 24.3 Å². The van der Waals surface area contributed by atoms with Crippen molar-refractivity contribution in [3.63, 3.8) is 0 Å². The molecule has 0 aromatic heterocycles. The van der Waals surface area contributed by atoms with Gasteiger partial charge in [0.1, 0.15) is 11.5 Å². The number of benzene rings is 2. The molecule has 0 bridgehead atoms. The maximum atomic E-state index is 8.64. The van der Waals surface area contributed by atoms with E-state index in [2.05, 4.69) is 0 Å². The first kappa shape index (κ1) is 7.11. The van der Waals surface area contributed by atoms with Crippen LogP contribution in [0.15, 0.2) is 48.5 Å². The first-order valence-corrected chi connectivity index (χ1v) is 7.86. The Morgan fingerprint density at radius 2 is 1.17 bits per heavy atom. The van der Waals surface area contributed by atoms with Crippen molar-refractivity contribution in [1.82, 2.24) is 0 Å². The van der Waals surface area contributed by atoms with Crippen LogP contribution in [-0.4, -0.2) is 13.2 Å². The highest BCUT2D eigenvalue weighted by Crippen LogP contribution is 2.60. The van der Waals surface area contributed by atoms with Gasteiger partial charge in [-0.05, 0) is 23.0 Å². The van der Waals surface area contributed by atoms with Crippen LogP contribution < -0.4 is 9.47 Å². The van der Waals surface area contributed by atoms with Crippen LogP contribution in [0, 0.1) is 10.8 Å². The molecule has 0 saturated heterocycles. The van der Waals surface area contributed by atoms with Crippen LogP contribution in [0.3, 0.4) is 0 Å². The molecule has 2 aromatic carbocycles. The number of ether oxygens (including phenoxy) is 2. The molecule has 2 atom stereocenters. The zero-order valence-electron chi connectivity index (χ0n) is 25.0. The van der Waals surface area contributed by atoms with Gasteiger partial charge < -0.3 is 9.47 Å². The quantitative estimate of drug-likeness (QED) is 0.749. The van der Waals surface area contributed by atoms with Crippen LogP contribution in [0.1, 0.15) is 66.8 Å². The summed E-state index contributed by atoms with van der Waals surface area (Å²) in [5.41, 5.74) is -6.28. The molecule has 2 unspecified atom stereocenters. The summed E-state index contributed by atoms with van der Waals surface area (Å²) in [6.45, 7) is -15.3. The Labute approximate surface area is 161 Å². The normalized spacial score (nSPS) is 32.0. The van der Waals surface area contributed by atoms with Gasteiger partial charge in [0.25, 0.3) is 0 Å². The lowest BCUT2D eigenvalue weighted by Crippen LogP contribution is -2.43. The second-order valence-electron chi connectivity index (χ2n) is 6.42. The summed E-state index contributed by atoms with van der Waals surface area (Å²) in [5, 5.41) is 0. The number of rotatable bonds is 3. The molecule has 0 aliphatic carbocycles. The van der Waals surface area contributed by atoms with E-state index in [1.807, 2.05) is 0 Å². The standard InChI is InChI=1S/C22H26O2/c1-21(2,17-13-23-19-11-7-5-9-15(17)19)22(3,4)18-14-24-20-12-8-6-10-16(18)20/h5-12,17-18H,13-14H2,1-4H3/i1D3,2D3,3D3,4D3. The predicted molar refractivity (Wildman–Crippen MR) is 96.9 cm³/mol. The van der Waals surface area contributed by atoms with Crippen molar-refractivity contribution < 1.29 is 25.9 Å². The smallest absolute Gasteiger partial charge is 0.122 e. The monoisotopic (exact) mass is 334 g/mol. The number of hydrogen-bond donors (Lipinski definition) is 0. The summed E-state index contributed by atoms with van der Waals surface area (Å²) in [4.78, 5) is 0. The molecule has 2 heteroatoms. The SMILES string of the molecule is [2H]C([2H])([2H])C(C1COc2ccccc21)(C([2H])([2H])[2H])C(C1COc2ccccc21)(C([2H])([2H])[2H])C([2H])([2H])[2H]. The summed E-state index contributed by atoms with van der Waals surface area (Å²) in [7, 11) is 0. The summed E-state index contributed by atoms with van der Waals surface area (Å²) in [6.07, 6.45) is 0. The molecular weight excluding hydrogens is 296 g/mol. The molecule has 0 saturated carbocycles. The summed E-state index contributed by atoms with van der Waals surface area (Å²) in [6, 6.07) is 12.3. The third-order valence-electron chi connectivity index (χ3n) is 5.07. The van der Waals surface area contributed by atoms with Gasteiger partial charge in [-0.1, -0.05) is 63.8 Å². The first-order valence-electron chi connectivity index (χ1n) is 13.9. The highest BCUT2D eigenvalue weighted by molar-refractivity contribution is 5.44. The maximum absolute atomic E-state index is 8.64. The minimum absolute atomic E-state index is 0.148. The molecule has 2 aromatic rings. The topological polar surface area (TPSA) is 18.5 Å². The van der Waals surface area contributed by atoms with Crippen LogP contribution in [-0.2, 0) is 0 Å². The van der Waals surface area contributed by atoms with E-state index in [0.29, 0.717) is 0 Å². The van der Waals surface area contributed by atoms with Crippen molar-refractivity contribution in [1.29, 1.82) is 0 Å². The molecule has 126 valence electrons. The van der Waals surface area contributed by atoms with Gasteiger partial charge in [-0.3, -0.25) is 0 Å². The zero-order chi connectivity index (χ0) is 26.9. The molecule has 2 nitrogen and oxygen atoms in total. The predicted octanol–water partition coefficient (Wildman–Crippen LogP) is 5.39. The average molecular weight is 335 g/mol. The van der Waals surface area contributed by atoms with Gasteiger partial charge in [0, 0.05) is 39.4 Å². The van der Waals surface area contributed by atoms with Crippen LogP contribution >= 0.6 is 0 Å². The molecule has 2 heterocycles. The van der Waals surface area contributed by atoms with Crippen molar-refractivity contribution in [3.05, 3.63) is 59.7 Å². The van der Waals surface area contributed by atoms with Crippen LogP contribution in [0.2, 0.25) is 0 Å². The van der Waals surface area contributed by atoms with Gasteiger partial charge in [-0.2, -0.15) is 0 Å². The second kappa shape index (κ2) is 5.27. The number of para-hydroxylation sites is 2. The lowest BCUT2D eigenvalue weighted by Gasteiger charge is -2.48. The van der Waals surface area contributed by atoms with Gasteiger partial charge in [0.05, 0.1) is 13.2 Å². The summed E-state index contributed by atoms with van der Waals surface area (Å²) >= 11 is 0. The van der Waals surface area contributed by atoms with Crippen LogP contribution in [0.25, 0.3) is 0 Å².